The van der Waals surface area contributed by atoms with Crippen LogP contribution in [0.2, 0.25) is 5.02 Å². The fourth-order valence-electron chi connectivity index (χ4n) is 2.28. The van der Waals surface area contributed by atoms with Gasteiger partial charge in [-0.1, -0.05) is 39.7 Å². The number of benzene rings is 2. The highest BCUT2D eigenvalue weighted by Crippen LogP contribution is 2.26. The minimum absolute atomic E-state index is 0.114. The average Bonchev–Trinajstić information content (AvgIpc) is 3.00. The zero-order valence-electron chi connectivity index (χ0n) is 15.3. The van der Waals surface area contributed by atoms with Gasteiger partial charge in [-0.2, -0.15) is 4.57 Å². The minimum Gasteiger partial charge on any atom is -0.222 e. The lowest BCUT2D eigenvalue weighted by atomic mass is 10.1. The summed E-state index contributed by atoms with van der Waals surface area (Å²) in [6.07, 6.45) is 2.02. The van der Waals surface area contributed by atoms with Crippen LogP contribution >= 0.6 is 27.5 Å². The second-order valence-electron chi connectivity index (χ2n) is 6.76. The van der Waals surface area contributed by atoms with Gasteiger partial charge in [-0.25, -0.2) is 18.6 Å². The molecule has 0 aliphatic carbocycles. The standard InChI is InChI=1S/C18H18BrClN3.ClHO4/c1-18(2,3)23-12-22(14-10-8-13(19)9-11-14)17(21-23)15-6-4-5-7-16(15)20;2-1(3,4)5/h4-12H,1-3H3;(H,2,3,4,5)/q+1;/p-1. The Morgan fingerprint density at radius 1 is 1.00 bits per heavy atom. The molecule has 0 aliphatic rings. The van der Waals surface area contributed by atoms with Crippen molar-refractivity contribution in [3.8, 4) is 17.1 Å². The predicted octanol–water partition coefficient (Wildman–Crippen LogP) is 0.242. The highest BCUT2D eigenvalue weighted by Gasteiger charge is 2.28. The molecule has 0 fully saturated rings. The number of hydrogen-bond acceptors (Lipinski definition) is 5. The van der Waals surface area contributed by atoms with Crippen molar-refractivity contribution in [2.24, 2.45) is 0 Å². The summed E-state index contributed by atoms with van der Waals surface area (Å²) in [6.45, 7) is 6.38. The van der Waals surface area contributed by atoms with E-state index in [1.54, 1.807) is 0 Å². The van der Waals surface area contributed by atoms with Crippen LogP contribution in [-0.4, -0.2) is 9.78 Å². The molecule has 0 spiro atoms. The van der Waals surface area contributed by atoms with Crippen molar-refractivity contribution < 1.29 is 33.4 Å². The summed E-state index contributed by atoms with van der Waals surface area (Å²) in [7, 11) is -4.94. The molecule has 0 saturated heterocycles. The molecule has 7 nitrogen and oxygen atoms in total. The first-order valence-corrected chi connectivity index (χ1v) is 10.4. The Balaban J connectivity index is 0.000000500. The van der Waals surface area contributed by atoms with Crippen molar-refractivity contribution in [3.63, 3.8) is 0 Å². The highest BCUT2D eigenvalue weighted by atomic mass is 79.9. The van der Waals surface area contributed by atoms with Crippen LogP contribution in [0.4, 0.5) is 0 Å². The van der Waals surface area contributed by atoms with Gasteiger partial charge in [0.05, 0.1) is 10.6 Å². The number of nitrogens with zero attached hydrogens (tertiary/aromatic N) is 3. The molecule has 0 radical (unpaired) electrons. The molecule has 0 N–H and O–H groups in total. The van der Waals surface area contributed by atoms with Gasteiger partial charge in [0.1, 0.15) is 11.2 Å². The molecule has 28 heavy (non-hydrogen) atoms. The molecule has 10 heteroatoms. The maximum Gasteiger partial charge on any atom is 0.315 e. The summed E-state index contributed by atoms with van der Waals surface area (Å²) in [6, 6.07) is 15.9. The van der Waals surface area contributed by atoms with Crippen LogP contribution in [0.1, 0.15) is 20.8 Å². The monoisotopic (exact) mass is 489 g/mol. The lowest BCUT2D eigenvalue weighted by molar-refractivity contribution is -2.00. The lowest BCUT2D eigenvalue weighted by Gasteiger charge is -2.17. The molecular weight excluding hydrogens is 473 g/mol. The summed E-state index contributed by atoms with van der Waals surface area (Å²) in [5, 5.41) is 5.49. The van der Waals surface area contributed by atoms with Crippen LogP contribution in [0.5, 0.6) is 0 Å². The van der Waals surface area contributed by atoms with E-state index >= 15 is 0 Å². The predicted molar refractivity (Wildman–Crippen MR) is 96.9 cm³/mol. The van der Waals surface area contributed by atoms with Crippen molar-refractivity contribution in [3.05, 3.63) is 64.4 Å². The molecule has 0 unspecified atom stereocenters. The molecule has 0 amide bonds. The van der Waals surface area contributed by atoms with Crippen molar-refractivity contribution in [1.29, 1.82) is 0 Å². The number of aromatic nitrogens is 3. The van der Waals surface area contributed by atoms with E-state index in [0.29, 0.717) is 5.02 Å². The van der Waals surface area contributed by atoms with E-state index in [1.165, 1.54) is 0 Å². The van der Waals surface area contributed by atoms with Crippen molar-refractivity contribution in [1.82, 2.24) is 9.78 Å². The maximum atomic E-state index is 8.49. The van der Waals surface area contributed by atoms with Gasteiger partial charge in [-0.15, -0.1) is 14.9 Å². The van der Waals surface area contributed by atoms with Gasteiger partial charge >= 0.3 is 5.82 Å². The van der Waals surface area contributed by atoms with Gasteiger partial charge in [0.15, 0.2) is 0 Å². The van der Waals surface area contributed by atoms with E-state index in [4.69, 9.17) is 35.3 Å². The minimum atomic E-state index is -4.94. The lowest BCUT2D eigenvalue weighted by Crippen LogP contribution is -2.68. The Labute approximate surface area is 178 Å². The highest BCUT2D eigenvalue weighted by molar-refractivity contribution is 9.10. The van der Waals surface area contributed by atoms with Gasteiger partial charge in [-0.05, 0) is 57.2 Å². The Hall–Kier alpha value is -1.52. The van der Waals surface area contributed by atoms with E-state index in [2.05, 4.69) is 53.4 Å². The molecule has 0 aliphatic heterocycles. The van der Waals surface area contributed by atoms with Crippen LogP contribution < -0.4 is 23.2 Å². The molecule has 3 aromatic rings. The first-order chi connectivity index (χ1) is 12.9. The average molecular weight is 491 g/mol. The van der Waals surface area contributed by atoms with Crippen molar-refractivity contribution >= 4 is 27.5 Å². The molecule has 1 heterocycles. The van der Waals surface area contributed by atoms with E-state index < -0.39 is 10.2 Å². The molecule has 1 aromatic heterocycles. The first kappa shape index (κ1) is 22.8. The molecule has 0 saturated carbocycles. The molecule has 0 bridgehead atoms. The Bertz CT molecular complexity index is 929. The van der Waals surface area contributed by atoms with Gasteiger partial charge in [0, 0.05) is 9.57 Å². The second-order valence-corrected chi connectivity index (χ2v) is 8.84. The summed E-state index contributed by atoms with van der Waals surface area (Å²) >= 11 is 9.88. The molecular formula is C18H18BrCl2N3O4. The quantitative estimate of drug-likeness (QED) is 0.477. The third-order valence-electron chi connectivity index (χ3n) is 3.56. The number of rotatable bonds is 2. The van der Waals surface area contributed by atoms with Gasteiger partial charge in [0.2, 0.25) is 6.33 Å². The summed E-state index contributed by atoms with van der Waals surface area (Å²) in [4.78, 5) is 0. The fraction of sp³-hybridized carbons (Fsp3) is 0.222. The second kappa shape index (κ2) is 8.87. The van der Waals surface area contributed by atoms with Crippen LogP contribution in [-0.2, 0) is 5.54 Å². The van der Waals surface area contributed by atoms with E-state index in [9.17, 15) is 0 Å². The fourth-order valence-corrected chi connectivity index (χ4v) is 2.76. The topological polar surface area (TPSA) is 114 Å². The van der Waals surface area contributed by atoms with E-state index in [-0.39, 0.29) is 5.54 Å². The normalized spacial score (nSPS) is 11.8. The Morgan fingerprint density at radius 3 is 2.04 bits per heavy atom. The Kier molecular flexibility index (Phi) is 7.22. The van der Waals surface area contributed by atoms with Crippen LogP contribution in [0.25, 0.3) is 17.1 Å². The maximum absolute atomic E-state index is 8.49. The summed E-state index contributed by atoms with van der Waals surface area (Å²) < 4.78 is 39.1. The van der Waals surface area contributed by atoms with Crippen molar-refractivity contribution in [2.45, 2.75) is 26.3 Å². The smallest absolute Gasteiger partial charge is 0.222 e. The molecule has 0 atom stereocenters. The van der Waals surface area contributed by atoms with Gasteiger partial charge in [0.25, 0.3) is 0 Å². The van der Waals surface area contributed by atoms with Crippen molar-refractivity contribution in [2.75, 3.05) is 0 Å². The number of halogens is 3. The molecule has 2 aromatic carbocycles. The number of hydrogen-bond donors (Lipinski definition) is 0. The largest absolute Gasteiger partial charge is 0.315 e. The molecule has 3 rings (SSSR count). The third kappa shape index (κ3) is 6.52. The Morgan fingerprint density at radius 2 is 1.54 bits per heavy atom. The SMILES string of the molecule is CC(C)(C)n1c[n+](-c2ccc(Br)cc2)c(-c2ccccc2Cl)n1.[O-][Cl+3]([O-])([O-])[O-]. The summed E-state index contributed by atoms with van der Waals surface area (Å²) in [5.74, 6) is 0.827. The van der Waals surface area contributed by atoms with Crippen LogP contribution in [0, 0.1) is 10.2 Å². The van der Waals surface area contributed by atoms with Crippen LogP contribution in [0.3, 0.4) is 0 Å². The van der Waals surface area contributed by atoms with Gasteiger partial charge in [-0.3, -0.25) is 0 Å². The van der Waals surface area contributed by atoms with E-state index in [1.807, 2.05) is 47.4 Å². The molecule has 150 valence electrons. The van der Waals surface area contributed by atoms with Crippen LogP contribution in [0.15, 0.2) is 59.3 Å². The zero-order chi connectivity index (χ0) is 21.1. The third-order valence-corrected chi connectivity index (χ3v) is 4.42. The summed E-state index contributed by atoms with van der Waals surface area (Å²) in [5.41, 5.74) is 1.84. The van der Waals surface area contributed by atoms with E-state index in [0.717, 1.165) is 21.5 Å². The first-order valence-electron chi connectivity index (χ1n) is 8.00. The van der Waals surface area contributed by atoms with Gasteiger partial charge < -0.3 is 0 Å². The zero-order valence-corrected chi connectivity index (χ0v) is 18.4.